The summed E-state index contributed by atoms with van der Waals surface area (Å²) in [4.78, 5) is 38.4. The number of carbonyl (C=O) groups is 3. The molecule has 1 fully saturated rings. The predicted octanol–water partition coefficient (Wildman–Crippen LogP) is 4.18. The van der Waals surface area contributed by atoms with E-state index in [9.17, 15) is 14.4 Å². The Labute approximate surface area is 180 Å². The van der Waals surface area contributed by atoms with Crippen molar-refractivity contribution < 1.29 is 23.9 Å². The van der Waals surface area contributed by atoms with Crippen molar-refractivity contribution in [1.82, 2.24) is 5.32 Å². The molecule has 1 aliphatic rings. The monoisotopic (exact) mass is 478 g/mol. The van der Waals surface area contributed by atoms with E-state index in [1.807, 2.05) is 6.92 Å². The number of nitrogens with one attached hydrogen (secondary N) is 1. The molecular weight excluding hydrogens is 464 g/mol. The van der Waals surface area contributed by atoms with Gasteiger partial charge in [-0.15, -0.1) is 0 Å². The molecule has 0 aliphatic carbocycles. The third kappa shape index (κ3) is 4.13. The maximum Gasteiger partial charge on any atom is 0.335 e. The van der Waals surface area contributed by atoms with Crippen LogP contribution >= 0.6 is 27.5 Å². The van der Waals surface area contributed by atoms with E-state index >= 15 is 0 Å². The van der Waals surface area contributed by atoms with Gasteiger partial charge in [-0.3, -0.25) is 14.9 Å². The van der Waals surface area contributed by atoms with Crippen LogP contribution in [0.2, 0.25) is 5.02 Å². The van der Waals surface area contributed by atoms with Crippen molar-refractivity contribution in [3.8, 4) is 11.5 Å². The zero-order chi connectivity index (χ0) is 21.1. The molecule has 0 bridgehead atoms. The molecule has 0 unspecified atom stereocenters. The van der Waals surface area contributed by atoms with Crippen LogP contribution < -0.4 is 19.7 Å². The van der Waals surface area contributed by atoms with Crippen LogP contribution in [0.3, 0.4) is 0 Å². The summed E-state index contributed by atoms with van der Waals surface area (Å²) in [5, 5.41) is 2.37. The molecule has 0 spiro atoms. The van der Waals surface area contributed by atoms with Gasteiger partial charge < -0.3 is 9.47 Å². The molecule has 1 saturated heterocycles. The number of ether oxygens (including phenoxy) is 2. The summed E-state index contributed by atoms with van der Waals surface area (Å²) in [7, 11) is 1.48. The van der Waals surface area contributed by atoms with Gasteiger partial charge in [0.1, 0.15) is 5.57 Å². The standard InChI is InChI=1S/C20H16BrClN2O5/c1-3-29-17-13(21)9-11(10-16(17)28-2)8-12-18(25)23-20(27)24(19(12)26)15-7-5-4-6-14(15)22/h4-10H,3H2,1-2H3,(H,23,25,27)/b12-8+. The van der Waals surface area contributed by atoms with Crippen LogP contribution in [-0.2, 0) is 9.59 Å². The maximum atomic E-state index is 13.0. The number of hydrogen-bond donors (Lipinski definition) is 1. The summed E-state index contributed by atoms with van der Waals surface area (Å²) in [6, 6.07) is 8.81. The van der Waals surface area contributed by atoms with Crippen LogP contribution in [0.4, 0.5) is 10.5 Å². The minimum atomic E-state index is -0.865. The van der Waals surface area contributed by atoms with Gasteiger partial charge in [0, 0.05) is 0 Å². The number of rotatable bonds is 5. The number of hydrogen-bond acceptors (Lipinski definition) is 5. The Hall–Kier alpha value is -2.84. The minimum absolute atomic E-state index is 0.181. The number of nitrogens with zero attached hydrogens (tertiary/aromatic N) is 1. The van der Waals surface area contributed by atoms with Gasteiger partial charge in [-0.1, -0.05) is 23.7 Å². The number of carbonyl (C=O) groups excluding carboxylic acids is 3. The molecule has 2 aromatic carbocycles. The number of anilines is 1. The number of methoxy groups -OCH3 is 1. The Bertz CT molecular complexity index is 1040. The molecule has 0 radical (unpaired) electrons. The molecule has 3 rings (SSSR count). The number of amides is 4. The normalized spacial score (nSPS) is 15.5. The Morgan fingerprint density at radius 2 is 1.93 bits per heavy atom. The van der Waals surface area contributed by atoms with Gasteiger partial charge in [-0.2, -0.15) is 0 Å². The SMILES string of the molecule is CCOc1c(Br)cc(/C=C2\C(=O)NC(=O)N(c3ccccc3Cl)C2=O)cc1OC. The predicted molar refractivity (Wildman–Crippen MR) is 112 cm³/mol. The molecule has 0 saturated carbocycles. The lowest BCUT2D eigenvalue weighted by atomic mass is 10.1. The second-order valence-corrected chi connectivity index (χ2v) is 7.14. The lowest BCUT2D eigenvalue weighted by molar-refractivity contribution is -0.122. The van der Waals surface area contributed by atoms with Gasteiger partial charge in [0.25, 0.3) is 11.8 Å². The zero-order valence-electron chi connectivity index (χ0n) is 15.5. The number of halogens is 2. The second-order valence-electron chi connectivity index (χ2n) is 5.88. The van der Waals surface area contributed by atoms with Crippen molar-refractivity contribution in [2.24, 2.45) is 0 Å². The van der Waals surface area contributed by atoms with Crippen molar-refractivity contribution >= 4 is 57.1 Å². The van der Waals surface area contributed by atoms with Gasteiger partial charge >= 0.3 is 6.03 Å². The number of urea groups is 1. The smallest absolute Gasteiger partial charge is 0.335 e. The quantitative estimate of drug-likeness (QED) is 0.514. The molecular formula is C20H16BrClN2O5. The van der Waals surface area contributed by atoms with Crippen molar-refractivity contribution in [1.29, 1.82) is 0 Å². The summed E-state index contributed by atoms with van der Waals surface area (Å²) in [5.74, 6) is -0.650. The van der Waals surface area contributed by atoms with Crippen molar-refractivity contribution in [3.05, 3.63) is 57.0 Å². The Kier molecular flexibility index (Phi) is 6.24. The van der Waals surface area contributed by atoms with E-state index < -0.39 is 17.8 Å². The third-order valence-electron chi connectivity index (χ3n) is 4.05. The first-order chi connectivity index (χ1) is 13.9. The molecule has 9 heteroatoms. The van der Waals surface area contributed by atoms with Gasteiger partial charge in [0.05, 0.1) is 28.9 Å². The first-order valence-corrected chi connectivity index (χ1v) is 9.70. The van der Waals surface area contributed by atoms with Crippen LogP contribution in [0.25, 0.3) is 6.08 Å². The number of para-hydroxylation sites is 1. The largest absolute Gasteiger partial charge is 0.493 e. The second kappa shape index (κ2) is 8.67. The Morgan fingerprint density at radius 3 is 2.59 bits per heavy atom. The fourth-order valence-corrected chi connectivity index (χ4v) is 3.58. The van der Waals surface area contributed by atoms with E-state index in [0.29, 0.717) is 28.1 Å². The molecule has 29 heavy (non-hydrogen) atoms. The molecule has 4 amide bonds. The average Bonchev–Trinajstić information content (AvgIpc) is 2.68. The lowest BCUT2D eigenvalue weighted by Crippen LogP contribution is -2.54. The number of barbiturate groups is 1. The average molecular weight is 480 g/mol. The first kappa shape index (κ1) is 20.9. The summed E-state index contributed by atoms with van der Waals surface area (Å²) in [6.07, 6.45) is 1.37. The highest BCUT2D eigenvalue weighted by Gasteiger charge is 2.37. The van der Waals surface area contributed by atoms with Gasteiger partial charge in [0.2, 0.25) is 0 Å². The molecule has 0 aromatic heterocycles. The van der Waals surface area contributed by atoms with E-state index in [4.69, 9.17) is 21.1 Å². The Morgan fingerprint density at radius 1 is 1.21 bits per heavy atom. The highest BCUT2D eigenvalue weighted by molar-refractivity contribution is 9.10. The molecule has 1 heterocycles. The molecule has 150 valence electrons. The van der Waals surface area contributed by atoms with Gasteiger partial charge in [0.15, 0.2) is 11.5 Å². The van der Waals surface area contributed by atoms with Crippen LogP contribution in [0.15, 0.2) is 46.4 Å². The molecule has 0 atom stereocenters. The van der Waals surface area contributed by atoms with Gasteiger partial charge in [-0.05, 0) is 58.8 Å². The van der Waals surface area contributed by atoms with E-state index in [0.717, 1.165) is 4.90 Å². The van der Waals surface area contributed by atoms with Crippen LogP contribution in [0.1, 0.15) is 12.5 Å². The van der Waals surface area contributed by atoms with Crippen molar-refractivity contribution in [2.45, 2.75) is 6.92 Å². The topological polar surface area (TPSA) is 84.9 Å². The van der Waals surface area contributed by atoms with Crippen LogP contribution in [-0.4, -0.2) is 31.6 Å². The van der Waals surface area contributed by atoms with Gasteiger partial charge in [-0.25, -0.2) is 9.69 Å². The van der Waals surface area contributed by atoms with Crippen LogP contribution in [0.5, 0.6) is 11.5 Å². The summed E-state index contributed by atoms with van der Waals surface area (Å²) < 4.78 is 11.5. The Balaban J connectivity index is 2.05. The number of imide groups is 2. The number of benzene rings is 2. The fraction of sp³-hybridized carbons (Fsp3) is 0.150. The first-order valence-electron chi connectivity index (χ1n) is 8.53. The maximum absolute atomic E-state index is 13.0. The zero-order valence-corrected chi connectivity index (χ0v) is 17.8. The van der Waals surface area contributed by atoms with Crippen LogP contribution in [0, 0.1) is 0 Å². The van der Waals surface area contributed by atoms with Crippen molar-refractivity contribution in [2.75, 3.05) is 18.6 Å². The van der Waals surface area contributed by atoms with E-state index in [2.05, 4.69) is 21.2 Å². The minimum Gasteiger partial charge on any atom is -0.493 e. The molecule has 1 aliphatic heterocycles. The lowest BCUT2D eigenvalue weighted by Gasteiger charge is -2.27. The fourth-order valence-electron chi connectivity index (χ4n) is 2.78. The molecule has 2 aromatic rings. The van der Waals surface area contributed by atoms with E-state index in [1.165, 1.54) is 19.3 Å². The summed E-state index contributed by atoms with van der Waals surface area (Å²) in [6.45, 7) is 2.28. The molecule has 7 nitrogen and oxygen atoms in total. The van der Waals surface area contributed by atoms with Crippen molar-refractivity contribution in [3.63, 3.8) is 0 Å². The summed E-state index contributed by atoms with van der Waals surface area (Å²) >= 11 is 9.53. The molecule has 1 N–H and O–H groups in total. The highest BCUT2D eigenvalue weighted by atomic mass is 79.9. The van der Waals surface area contributed by atoms with E-state index in [-0.39, 0.29) is 16.3 Å². The van der Waals surface area contributed by atoms with E-state index in [1.54, 1.807) is 30.3 Å². The third-order valence-corrected chi connectivity index (χ3v) is 4.96. The summed E-state index contributed by atoms with van der Waals surface area (Å²) in [5.41, 5.74) is 0.465. The highest BCUT2D eigenvalue weighted by Crippen LogP contribution is 2.37.